The molecule has 1 amide bonds. The molecule has 0 N–H and O–H groups in total. The number of aromatic nitrogens is 1. The van der Waals surface area contributed by atoms with Crippen LogP contribution in [0.4, 0.5) is 5.69 Å². The van der Waals surface area contributed by atoms with E-state index < -0.39 is 0 Å². The maximum atomic E-state index is 12.5. The number of piperazine rings is 1. The largest absolute Gasteiger partial charge is 0.481 e. The molecule has 2 aromatic rings. The highest BCUT2D eigenvalue weighted by Gasteiger charge is 2.23. The predicted octanol–water partition coefficient (Wildman–Crippen LogP) is 2.36. The smallest absolute Gasteiger partial charge is 0.255 e. The quantitative estimate of drug-likeness (QED) is 0.873. The Kier molecular flexibility index (Phi) is 4.46. The van der Waals surface area contributed by atoms with Gasteiger partial charge in [0.1, 0.15) is 0 Å². The Hall–Kier alpha value is -2.56. The number of benzene rings is 1. The zero-order chi connectivity index (χ0) is 16.2. The number of pyridine rings is 1. The SMILES string of the molecule is COc1ccc(C(=O)N2CCN(c3ccccc3C)CC2)cn1. The van der Waals surface area contributed by atoms with Gasteiger partial charge in [-0.05, 0) is 24.6 Å². The monoisotopic (exact) mass is 311 g/mol. The summed E-state index contributed by atoms with van der Waals surface area (Å²) in [6.07, 6.45) is 1.58. The van der Waals surface area contributed by atoms with E-state index in [1.54, 1.807) is 25.4 Å². The van der Waals surface area contributed by atoms with Gasteiger partial charge in [0.15, 0.2) is 0 Å². The Morgan fingerprint density at radius 3 is 2.43 bits per heavy atom. The molecule has 0 spiro atoms. The molecule has 0 atom stereocenters. The first-order chi connectivity index (χ1) is 11.2. The summed E-state index contributed by atoms with van der Waals surface area (Å²) in [7, 11) is 1.56. The molecular weight excluding hydrogens is 290 g/mol. The van der Waals surface area contributed by atoms with Gasteiger partial charge in [0.05, 0.1) is 12.7 Å². The minimum atomic E-state index is 0.0320. The van der Waals surface area contributed by atoms with Crippen LogP contribution in [0.25, 0.3) is 0 Å². The Labute approximate surface area is 136 Å². The Balaban J connectivity index is 1.64. The summed E-state index contributed by atoms with van der Waals surface area (Å²) in [4.78, 5) is 20.9. The second-order valence-electron chi connectivity index (χ2n) is 5.65. The topological polar surface area (TPSA) is 45.7 Å². The zero-order valence-corrected chi connectivity index (χ0v) is 13.5. The van der Waals surface area contributed by atoms with E-state index >= 15 is 0 Å². The molecule has 1 aliphatic rings. The molecule has 23 heavy (non-hydrogen) atoms. The van der Waals surface area contributed by atoms with Crippen molar-refractivity contribution in [3.8, 4) is 5.88 Å². The molecule has 5 nitrogen and oxygen atoms in total. The van der Waals surface area contributed by atoms with Crippen LogP contribution in [0.2, 0.25) is 0 Å². The number of nitrogens with zero attached hydrogens (tertiary/aromatic N) is 3. The van der Waals surface area contributed by atoms with Crippen molar-refractivity contribution in [1.82, 2.24) is 9.88 Å². The van der Waals surface area contributed by atoms with E-state index in [0.717, 1.165) is 26.2 Å². The van der Waals surface area contributed by atoms with E-state index in [2.05, 4.69) is 41.1 Å². The van der Waals surface area contributed by atoms with E-state index in [-0.39, 0.29) is 5.91 Å². The van der Waals surface area contributed by atoms with Gasteiger partial charge in [-0.15, -0.1) is 0 Å². The zero-order valence-electron chi connectivity index (χ0n) is 13.5. The minimum absolute atomic E-state index is 0.0320. The van der Waals surface area contributed by atoms with E-state index in [4.69, 9.17) is 4.74 Å². The Bertz CT molecular complexity index is 677. The van der Waals surface area contributed by atoms with Crippen molar-refractivity contribution in [1.29, 1.82) is 0 Å². The van der Waals surface area contributed by atoms with Crippen LogP contribution in [0, 0.1) is 6.92 Å². The van der Waals surface area contributed by atoms with Gasteiger partial charge in [-0.2, -0.15) is 0 Å². The fourth-order valence-electron chi connectivity index (χ4n) is 2.88. The van der Waals surface area contributed by atoms with Crippen LogP contribution in [-0.4, -0.2) is 49.1 Å². The minimum Gasteiger partial charge on any atom is -0.481 e. The van der Waals surface area contributed by atoms with Gasteiger partial charge >= 0.3 is 0 Å². The van der Waals surface area contributed by atoms with Gasteiger partial charge in [0, 0.05) is 44.1 Å². The maximum Gasteiger partial charge on any atom is 0.255 e. The summed E-state index contributed by atoms with van der Waals surface area (Å²) in [5.74, 6) is 0.551. The molecule has 3 rings (SSSR count). The molecule has 0 radical (unpaired) electrons. The van der Waals surface area contributed by atoms with Crippen LogP contribution in [0.1, 0.15) is 15.9 Å². The molecule has 1 saturated heterocycles. The predicted molar refractivity (Wildman–Crippen MR) is 90.1 cm³/mol. The third-order valence-corrected chi connectivity index (χ3v) is 4.22. The summed E-state index contributed by atoms with van der Waals surface area (Å²) in [6, 6.07) is 11.9. The average Bonchev–Trinajstić information content (AvgIpc) is 2.62. The third kappa shape index (κ3) is 3.28. The lowest BCUT2D eigenvalue weighted by Crippen LogP contribution is -2.49. The number of methoxy groups -OCH3 is 1. The lowest BCUT2D eigenvalue weighted by Gasteiger charge is -2.36. The van der Waals surface area contributed by atoms with E-state index in [1.165, 1.54) is 11.3 Å². The fourth-order valence-corrected chi connectivity index (χ4v) is 2.88. The normalized spacial score (nSPS) is 14.7. The van der Waals surface area contributed by atoms with Crippen molar-refractivity contribution < 1.29 is 9.53 Å². The van der Waals surface area contributed by atoms with Crippen molar-refractivity contribution in [3.63, 3.8) is 0 Å². The van der Waals surface area contributed by atoms with Gasteiger partial charge in [0.25, 0.3) is 5.91 Å². The van der Waals surface area contributed by atoms with Crippen LogP contribution in [-0.2, 0) is 0 Å². The van der Waals surface area contributed by atoms with Crippen molar-refractivity contribution in [2.45, 2.75) is 6.92 Å². The average molecular weight is 311 g/mol. The van der Waals surface area contributed by atoms with Crippen molar-refractivity contribution in [2.24, 2.45) is 0 Å². The van der Waals surface area contributed by atoms with Crippen molar-refractivity contribution >= 4 is 11.6 Å². The summed E-state index contributed by atoms with van der Waals surface area (Å²) >= 11 is 0. The number of aryl methyl sites for hydroxylation is 1. The second-order valence-corrected chi connectivity index (χ2v) is 5.65. The molecule has 0 aliphatic carbocycles. The van der Waals surface area contributed by atoms with Crippen LogP contribution < -0.4 is 9.64 Å². The Morgan fingerprint density at radius 1 is 1.09 bits per heavy atom. The molecule has 0 bridgehead atoms. The van der Waals surface area contributed by atoms with Gasteiger partial charge in [-0.25, -0.2) is 4.98 Å². The number of hydrogen-bond donors (Lipinski definition) is 0. The molecule has 5 heteroatoms. The molecule has 1 aromatic carbocycles. The molecule has 120 valence electrons. The summed E-state index contributed by atoms with van der Waals surface area (Å²) in [5, 5.41) is 0. The van der Waals surface area contributed by atoms with Crippen LogP contribution >= 0.6 is 0 Å². The van der Waals surface area contributed by atoms with Crippen LogP contribution in [0.15, 0.2) is 42.6 Å². The van der Waals surface area contributed by atoms with Crippen LogP contribution in [0.5, 0.6) is 5.88 Å². The summed E-state index contributed by atoms with van der Waals surface area (Å²) < 4.78 is 5.03. The fraction of sp³-hybridized carbons (Fsp3) is 0.333. The number of carbonyl (C=O) groups excluding carboxylic acids is 1. The molecule has 1 fully saturated rings. The highest BCUT2D eigenvalue weighted by atomic mass is 16.5. The first-order valence-electron chi connectivity index (χ1n) is 7.79. The van der Waals surface area contributed by atoms with E-state index in [0.29, 0.717) is 11.4 Å². The number of hydrogen-bond acceptors (Lipinski definition) is 4. The third-order valence-electron chi connectivity index (χ3n) is 4.22. The molecule has 0 unspecified atom stereocenters. The van der Waals surface area contributed by atoms with Crippen molar-refractivity contribution in [3.05, 3.63) is 53.7 Å². The lowest BCUT2D eigenvalue weighted by atomic mass is 10.1. The summed E-state index contributed by atoms with van der Waals surface area (Å²) in [6.45, 7) is 5.26. The number of amides is 1. The molecule has 2 heterocycles. The summed E-state index contributed by atoms with van der Waals surface area (Å²) in [5.41, 5.74) is 3.13. The van der Waals surface area contributed by atoms with Gasteiger partial charge in [-0.3, -0.25) is 4.79 Å². The number of rotatable bonds is 3. The van der Waals surface area contributed by atoms with Crippen LogP contribution in [0.3, 0.4) is 0 Å². The molecule has 1 aliphatic heterocycles. The number of ether oxygens (including phenoxy) is 1. The Morgan fingerprint density at radius 2 is 1.83 bits per heavy atom. The highest BCUT2D eigenvalue weighted by molar-refractivity contribution is 5.94. The van der Waals surface area contributed by atoms with Gasteiger partial charge in [0.2, 0.25) is 5.88 Å². The molecule has 1 aromatic heterocycles. The standard InChI is InChI=1S/C18H21N3O2/c1-14-5-3-4-6-16(14)20-9-11-21(12-10-20)18(22)15-7-8-17(23-2)19-13-15/h3-8,13H,9-12H2,1-2H3. The van der Waals surface area contributed by atoms with Gasteiger partial charge in [-0.1, -0.05) is 18.2 Å². The lowest BCUT2D eigenvalue weighted by molar-refractivity contribution is 0.0746. The maximum absolute atomic E-state index is 12.5. The van der Waals surface area contributed by atoms with E-state index in [1.807, 2.05) is 4.90 Å². The molecule has 0 saturated carbocycles. The number of carbonyl (C=O) groups is 1. The van der Waals surface area contributed by atoms with E-state index in [9.17, 15) is 4.79 Å². The number of anilines is 1. The van der Waals surface area contributed by atoms with Gasteiger partial charge < -0.3 is 14.5 Å². The highest BCUT2D eigenvalue weighted by Crippen LogP contribution is 2.21. The second kappa shape index (κ2) is 6.69. The first-order valence-corrected chi connectivity index (χ1v) is 7.79. The number of para-hydroxylation sites is 1. The first kappa shape index (κ1) is 15.3. The van der Waals surface area contributed by atoms with Crippen molar-refractivity contribution in [2.75, 3.05) is 38.2 Å². The molecular formula is C18H21N3O2.